The van der Waals surface area contributed by atoms with E-state index >= 15 is 0 Å². The average molecular weight is 485 g/mol. The zero-order valence-corrected chi connectivity index (χ0v) is 20.2. The van der Waals surface area contributed by atoms with Gasteiger partial charge in [-0.3, -0.25) is 9.59 Å². The summed E-state index contributed by atoms with van der Waals surface area (Å²) in [6, 6.07) is 10.9. The molecule has 188 valence electrons. The van der Waals surface area contributed by atoms with E-state index in [0.717, 1.165) is 10.5 Å². The number of amides is 2. The molecule has 9 heteroatoms. The highest BCUT2D eigenvalue weighted by Crippen LogP contribution is 2.44. The number of aromatic hydroxyl groups is 1. The number of phenols is 1. The summed E-state index contributed by atoms with van der Waals surface area (Å²) in [7, 11) is 0. The molecule has 0 saturated carbocycles. The lowest BCUT2D eigenvalue weighted by Crippen LogP contribution is -2.56. The number of aliphatic hydroxyl groups excluding tert-OH is 1. The largest absolute Gasteiger partial charge is 0.508 e. The van der Waals surface area contributed by atoms with Crippen molar-refractivity contribution >= 4 is 17.8 Å². The molecule has 0 bridgehead atoms. The number of likely N-dealkylation sites (tertiary alicyclic amines) is 1. The van der Waals surface area contributed by atoms with Crippen molar-refractivity contribution in [3.8, 4) is 5.75 Å². The minimum absolute atomic E-state index is 0.0697. The van der Waals surface area contributed by atoms with E-state index in [9.17, 15) is 34.8 Å². The fourth-order valence-electron chi connectivity index (χ4n) is 4.53. The summed E-state index contributed by atoms with van der Waals surface area (Å²) in [5, 5.41) is 44.4. The Morgan fingerprint density at radius 2 is 1.71 bits per heavy atom. The molecule has 0 aromatic heterocycles. The Morgan fingerprint density at radius 3 is 2.31 bits per heavy atom. The van der Waals surface area contributed by atoms with Gasteiger partial charge in [0.25, 0.3) is 11.8 Å². The first-order valence-corrected chi connectivity index (χ1v) is 11.3. The normalized spacial score (nSPS) is 22.9. The van der Waals surface area contributed by atoms with Crippen LogP contribution in [0.2, 0.25) is 0 Å². The van der Waals surface area contributed by atoms with Crippen LogP contribution in [-0.2, 0) is 16.0 Å². The Bertz CT molecular complexity index is 1110. The average Bonchev–Trinajstić information content (AvgIpc) is 2.98. The first kappa shape index (κ1) is 26.2. The van der Waals surface area contributed by atoms with Gasteiger partial charge >= 0.3 is 5.97 Å². The Labute approximate surface area is 204 Å². The molecular formula is C26H32N2O7. The SMILES string of the molecule is Cc1c(O)cccc1C(=O)N[C@@H](Cc1ccccc1)[C@H](O)C(=O)N1C[C@](C)(O)C(C)(C)C1C(=O)O. The number of rotatable bonds is 7. The smallest absolute Gasteiger partial charge is 0.327 e. The van der Waals surface area contributed by atoms with Gasteiger partial charge in [-0.15, -0.1) is 0 Å². The number of carboxylic acid groups (broad SMARTS) is 1. The molecule has 1 unspecified atom stereocenters. The number of benzene rings is 2. The fourth-order valence-corrected chi connectivity index (χ4v) is 4.53. The quantitative estimate of drug-likeness (QED) is 0.400. The summed E-state index contributed by atoms with van der Waals surface area (Å²) in [6.45, 7) is 5.85. The van der Waals surface area contributed by atoms with Crippen LogP contribution in [0.3, 0.4) is 0 Å². The molecule has 35 heavy (non-hydrogen) atoms. The molecule has 1 aliphatic heterocycles. The first-order chi connectivity index (χ1) is 16.3. The molecule has 2 amide bonds. The zero-order chi connectivity index (χ0) is 26.1. The van der Waals surface area contributed by atoms with E-state index in [1.807, 2.05) is 0 Å². The number of phenolic OH excluding ortho intramolecular Hbond substituents is 1. The Kier molecular flexibility index (Phi) is 7.23. The standard InChI is InChI=1S/C26H32N2O7/c1-15-17(11-8-12-19(15)29)22(31)27-18(13-16-9-6-5-7-10-16)20(30)23(32)28-14-26(4,35)25(2,3)21(28)24(33)34/h5-12,18,20-21,29-30,35H,13-14H2,1-4H3,(H,27,31)(H,33,34)/t18-,20-,21?,26-/m0/s1. The summed E-state index contributed by atoms with van der Waals surface area (Å²) in [6.07, 6.45) is -1.70. The monoisotopic (exact) mass is 484 g/mol. The van der Waals surface area contributed by atoms with Crippen molar-refractivity contribution in [1.82, 2.24) is 10.2 Å². The van der Waals surface area contributed by atoms with Crippen molar-refractivity contribution < 1.29 is 34.8 Å². The number of β-amino-alcohol motifs (C(OH)–C–C–N with tert-alkyl or cyclic N) is 1. The Balaban J connectivity index is 1.93. The number of aliphatic hydroxyl groups is 2. The Hall–Kier alpha value is -3.43. The molecule has 0 spiro atoms. The number of carbonyl (C=O) groups excluding carboxylic acids is 2. The molecule has 2 aromatic rings. The van der Waals surface area contributed by atoms with Crippen molar-refractivity contribution in [2.24, 2.45) is 5.41 Å². The molecule has 1 saturated heterocycles. The van der Waals surface area contributed by atoms with Crippen LogP contribution in [0.1, 0.15) is 42.3 Å². The van der Waals surface area contributed by atoms with Gasteiger partial charge in [-0.1, -0.05) is 50.2 Å². The van der Waals surface area contributed by atoms with Crippen LogP contribution in [0.4, 0.5) is 0 Å². The van der Waals surface area contributed by atoms with Crippen molar-refractivity contribution in [2.45, 2.75) is 57.9 Å². The third-order valence-corrected chi connectivity index (χ3v) is 7.18. The minimum Gasteiger partial charge on any atom is -0.508 e. The molecule has 9 nitrogen and oxygen atoms in total. The fraction of sp³-hybridized carbons (Fsp3) is 0.423. The van der Waals surface area contributed by atoms with Gasteiger partial charge in [0.15, 0.2) is 6.10 Å². The van der Waals surface area contributed by atoms with E-state index in [0.29, 0.717) is 5.56 Å². The molecule has 0 aliphatic carbocycles. The summed E-state index contributed by atoms with van der Waals surface area (Å²) < 4.78 is 0. The van der Waals surface area contributed by atoms with Crippen molar-refractivity contribution in [3.63, 3.8) is 0 Å². The van der Waals surface area contributed by atoms with E-state index in [2.05, 4.69) is 5.32 Å². The third kappa shape index (κ3) is 5.01. The maximum Gasteiger partial charge on any atom is 0.327 e. The molecule has 2 aromatic carbocycles. The van der Waals surface area contributed by atoms with E-state index < -0.39 is 47.0 Å². The van der Waals surface area contributed by atoms with Crippen molar-refractivity contribution in [3.05, 3.63) is 65.2 Å². The zero-order valence-electron chi connectivity index (χ0n) is 20.2. The second-order valence-electron chi connectivity index (χ2n) is 9.87. The first-order valence-electron chi connectivity index (χ1n) is 11.3. The molecule has 4 atom stereocenters. The third-order valence-electron chi connectivity index (χ3n) is 7.18. The van der Waals surface area contributed by atoms with Crippen LogP contribution in [-0.4, -0.2) is 73.4 Å². The summed E-state index contributed by atoms with van der Waals surface area (Å²) in [5.41, 5.74) is -1.45. The van der Waals surface area contributed by atoms with Crippen LogP contribution in [0, 0.1) is 12.3 Å². The highest BCUT2D eigenvalue weighted by molar-refractivity contribution is 5.97. The molecule has 3 rings (SSSR count). The van der Waals surface area contributed by atoms with E-state index in [1.54, 1.807) is 51.1 Å². The van der Waals surface area contributed by atoms with Gasteiger partial charge in [0.05, 0.1) is 18.2 Å². The summed E-state index contributed by atoms with van der Waals surface area (Å²) >= 11 is 0. The van der Waals surface area contributed by atoms with Crippen LogP contribution in [0.25, 0.3) is 0 Å². The van der Waals surface area contributed by atoms with Gasteiger partial charge in [-0.25, -0.2) is 4.79 Å². The maximum atomic E-state index is 13.4. The highest BCUT2D eigenvalue weighted by atomic mass is 16.4. The number of hydrogen-bond donors (Lipinski definition) is 5. The molecule has 1 fully saturated rings. The lowest BCUT2D eigenvalue weighted by Gasteiger charge is -2.35. The molecule has 0 radical (unpaired) electrons. The minimum atomic E-state index is -1.79. The molecule has 1 heterocycles. The second kappa shape index (κ2) is 9.67. The van der Waals surface area contributed by atoms with Gasteiger partial charge in [0, 0.05) is 16.5 Å². The second-order valence-corrected chi connectivity index (χ2v) is 9.87. The van der Waals surface area contributed by atoms with Gasteiger partial charge in [-0.2, -0.15) is 0 Å². The Morgan fingerprint density at radius 1 is 1.09 bits per heavy atom. The number of hydrogen-bond acceptors (Lipinski definition) is 6. The predicted molar refractivity (Wildman–Crippen MR) is 128 cm³/mol. The maximum absolute atomic E-state index is 13.4. The molecule has 5 N–H and O–H groups in total. The van der Waals surface area contributed by atoms with Crippen LogP contribution in [0.15, 0.2) is 48.5 Å². The number of carbonyl (C=O) groups is 3. The molecule has 1 aliphatic rings. The summed E-state index contributed by atoms with van der Waals surface area (Å²) in [5.74, 6) is -2.88. The predicted octanol–water partition coefficient (Wildman–Crippen LogP) is 1.48. The van der Waals surface area contributed by atoms with Crippen LogP contribution >= 0.6 is 0 Å². The van der Waals surface area contributed by atoms with Gasteiger partial charge in [0.1, 0.15) is 11.8 Å². The van der Waals surface area contributed by atoms with E-state index in [1.165, 1.54) is 25.1 Å². The highest BCUT2D eigenvalue weighted by Gasteiger charge is 2.60. The van der Waals surface area contributed by atoms with E-state index in [-0.39, 0.29) is 24.3 Å². The van der Waals surface area contributed by atoms with E-state index in [4.69, 9.17) is 0 Å². The topological polar surface area (TPSA) is 147 Å². The van der Waals surface area contributed by atoms with Gasteiger partial charge in [0.2, 0.25) is 0 Å². The van der Waals surface area contributed by atoms with Gasteiger partial charge < -0.3 is 30.6 Å². The van der Waals surface area contributed by atoms with Gasteiger partial charge in [-0.05, 0) is 38.0 Å². The number of nitrogens with one attached hydrogen (secondary N) is 1. The van der Waals surface area contributed by atoms with Crippen LogP contribution in [0.5, 0.6) is 5.75 Å². The summed E-state index contributed by atoms with van der Waals surface area (Å²) in [4.78, 5) is 39.5. The van der Waals surface area contributed by atoms with Crippen LogP contribution < -0.4 is 5.32 Å². The molecular weight excluding hydrogens is 452 g/mol. The lowest BCUT2D eigenvalue weighted by molar-refractivity contribution is -0.156. The van der Waals surface area contributed by atoms with Crippen molar-refractivity contribution in [2.75, 3.05) is 6.54 Å². The number of nitrogens with zero attached hydrogens (tertiary/aromatic N) is 1. The lowest BCUT2D eigenvalue weighted by atomic mass is 9.74. The van der Waals surface area contributed by atoms with Crippen molar-refractivity contribution in [1.29, 1.82) is 0 Å². The number of aliphatic carboxylic acids is 1. The number of carboxylic acids is 1.